The van der Waals surface area contributed by atoms with E-state index >= 15 is 0 Å². The van der Waals surface area contributed by atoms with Crippen LogP contribution in [-0.2, 0) is 0 Å². The molecule has 16 heavy (non-hydrogen) atoms. The third-order valence-corrected chi connectivity index (χ3v) is 2.13. The number of ether oxygens (including phenoxy) is 1. The monoisotopic (exact) mass is 222 g/mol. The molecule has 0 atom stereocenters. The lowest BCUT2D eigenvalue weighted by molar-refractivity contribution is 0.244. The summed E-state index contributed by atoms with van der Waals surface area (Å²) >= 11 is 0. The van der Waals surface area contributed by atoms with Crippen LogP contribution in [0.15, 0.2) is 18.2 Å². The van der Waals surface area contributed by atoms with E-state index in [2.05, 4.69) is 19.2 Å². The number of benzene rings is 1. The first kappa shape index (κ1) is 12.7. The normalized spacial score (nSPS) is 10.9. The zero-order valence-electron chi connectivity index (χ0n) is 10.6. The fourth-order valence-electron chi connectivity index (χ4n) is 1.37. The highest BCUT2D eigenvalue weighted by Crippen LogP contribution is 2.30. The predicted octanol–water partition coefficient (Wildman–Crippen LogP) is 3.12. The Kier molecular flexibility index (Phi) is 4.47. The summed E-state index contributed by atoms with van der Waals surface area (Å²) in [6.07, 6.45) is 0.141. The Morgan fingerprint density at radius 2 is 1.94 bits per heavy atom. The lowest BCUT2D eigenvalue weighted by atomic mass is 10.2. The molecule has 0 aliphatic heterocycles. The zero-order valence-corrected chi connectivity index (χ0v) is 10.6. The molecule has 3 nitrogen and oxygen atoms in total. The van der Waals surface area contributed by atoms with E-state index in [0.717, 1.165) is 18.0 Å². The first-order valence-corrected chi connectivity index (χ1v) is 5.79. The van der Waals surface area contributed by atoms with Gasteiger partial charge < -0.3 is 15.8 Å². The second-order valence-electron chi connectivity index (χ2n) is 4.66. The molecule has 3 heteroatoms. The highest BCUT2D eigenvalue weighted by atomic mass is 16.5. The molecule has 0 radical (unpaired) electrons. The standard InChI is InChI=1S/C13H22N2O/c1-9(2)8-15-11-6-5-7-12(13(11)14)16-10(3)4/h5-7,9-10,15H,8,14H2,1-4H3. The minimum Gasteiger partial charge on any atom is -0.489 e. The maximum absolute atomic E-state index is 6.03. The lowest BCUT2D eigenvalue weighted by Crippen LogP contribution is -2.12. The summed E-state index contributed by atoms with van der Waals surface area (Å²) in [5.74, 6) is 1.35. The van der Waals surface area contributed by atoms with E-state index in [-0.39, 0.29) is 6.10 Å². The fraction of sp³-hybridized carbons (Fsp3) is 0.538. The average Bonchev–Trinajstić information content (AvgIpc) is 2.18. The number of hydrogen-bond donors (Lipinski definition) is 2. The van der Waals surface area contributed by atoms with E-state index in [1.807, 2.05) is 32.0 Å². The van der Waals surface area contributed by atoms with Crippen LogP contribution in [0.2, 0.25) is 0 Å². The molecule has 1 rings (SSSR count). The van der Waals surface area contributed by atoms with Gasteiger partial charge in [0.1, 0.15) is 5.75 Å². The van der Waals surface area contributed by atoms with Crippen LogP contribution in [0, 0.1) is 5.92 Å². The topological polar surface area (TPSA) is 47.3 Å². The molecule has 0 aliphatic carbocycles. The molecule has 0 saturated heterocycles. The molecule has 1 aromatic rings. The second kappa shape index (κ2) is 5.64. The van der Waals surface area contributed by atoms with Crippen LogP contribution >= 0.6 is 0 Å². The summed E-state index contributed by atoms with van der Waals surface area (Å²) < 4.78 is 5.63. The van der Waals surface area contributed by atoms with Gasteiger partial charge in [0.05, 0.1) is 17.5 Å². The number of anilines is 2. The van der Waals surface area contributed by atoms with Crippen molar-refractivity contribution in [3.05, 3.63) is 18.2 Å². The number of nitrogens with two attached hydrogens (primary N) is 1. The van der Waals surface area contributed by atoms with Crippen molar-refractivity contribution in [1.29, 1.82) is 0 Å². The van der Waals surface area contributed by atoms with Crippen LogP contribution in [-0.4, -0.2) is 12.6 Å². The van der Waals surface area contributed by atoms with Gasteiger partial charge in [-0.15, -0.1) is 0 Å². The Bertz CT molecular complexity index is 335. The fourth-order valence-corrected chi connectivity index (χ4v) is 1.37. The van der Waals surface area contributed by atoms with Gasteiger partial charge >= 0.3 is 0 Å². The maximum atomic E-state index is 6.03. The van der Waals surface area contributed by atoms with E-state index in [9.17, 15) is 0 Å². The summed E-state index contributed by atoms with van der Waals surface area (Å²) in [6, 6.07) is 5.83. The van der Waals surface area contributed by atoms with Crippen molar-refractivity contribution in [2.24, 2.45) is 5.92 Å². The van der Waals surface area contributed by atoms with Crippen molar-refractivity contribution in [3.63, 3.8) is 0 Å². The summed E-state index contributed by atoms with van der Waals surface area (Å²) in [6.45, 7) is 9.23. The minimum absolute atomic E-state index is 0.141. The van der Waals surface area contributed by atoms with Crippen LogP contribution in [0.3, 0.4) is 0 Å². The van der Waals surface area contributed by atoms with Crippen molar-refractivity contribution < 1.29 is 4.74 Å². The molecule has 0 bridgehead atoms. The molecular formula is C13H22N2O. The van der Waals surface area contributed by atoms with E-state index in [1.165, 1.54) is 0 Å². The van der Waals surface area contributed by atoms with Crippen LogP contribution in [0.1, 0.15) is 27.7 Å². The van der Waals surface area contributed by atoms with E-state index < -0.39 is 0 Å². The van der Waals surface area contributed by atoms with E-state index in [4.69, 9.17) is 10.5 Å². The highest BCUT2D eigenvalue weighted by Gasteiger charge is 2.07. The number of rotatable bonds is 5. The van der Waals surface area contributed by atoms with Gasteiger partial charge in [-0.25, -0.2) is 0 Å². The van der Waals surface area contributed by atoms with Crippen molar-refractivity contribution in [2.75, 3.05) is 17.6 Å². The quantitative estimate of drug-likeness (QED) is 0.752. The summed E-state index contributed by atoms with van der Waals surface area (Å²) in [7, 11) is 0. The molecule has 0 fully saturated rings. The second-order valence-corrected chi connectivity index (χ2v) is 4.66. The Morgan fingerprint density at radius 1 is 1.25 bits per heavy atom. The summed E-state index contributed by atoms with van der Waals surface area (Å²) in [5, 5.41) is 3.32. The molecular weight excluding hydrogens is 200 g/mol. The minimum atomic E-state index is 0.141. The molecule has 0 unspecified atom stereocenters. The molecule has 0 aromatic heterocycles. The first-order chi connectivity index (χ1) is 7.50. The van der Waals surface area contributed by atoms with E-state index in [0.29, 0.717) is 11.6 Å². The predicted molar refractivity (Wildman–Crippen MR) is 69.9 cm³/mol. The number of para-hydroxylation sites is 1. The van der Waals surface area contributed by atoms with Crippen LogP contribution in [0.5, 0.6) is 5.75 Å². The number of nitrogens with one attached hydrogen (secondary N) is 1. The van der Waals surface area contributed by atoms with Crippen LogP contribution in [0.4, 0.5) is 11.4 Å². The maximum Gasteiger partial charge on any atom is 0.144 e. The largest absolute Gasteiger partial charge is 0.489 e. The van der Waals surface area contributed by atoms with Crippen LogP contribution < -0.4 is 15.8 Å². The van der Waals surface area contributed by atoms with Crippen molar-refractivity contribution in [3.8, 4) is 5.75 Å². The smallest absolute Gasteiger partial charge is 0.144 e. The molecule has 0 heterocycles. The Balaban J connectivity index is 2.78. The molecule has 90 valence electrons. The first-order valence-electron chi connectivity index (χ1n) is 5.79. The van der Waals surface area contributed by atoms with Gasteiger partial charge in [0, 0.05) is 6.54 Å². The van der Waals surface area contributed by atoms with Crippen molar-refractivity contribution >= 4 is 11.4 Å². The molecule has 3 N–H and O–H groups in total. The lowest BCUT2D eigenvalue weighted by Gasteiger charge is -2.16. The average molecular weight is 222 g/mol. The Hall–Kier alpha value is -1.38. The SMILES string of the molecule is CC(C)CNc1cccc(OC(C)C)c1N. The third-order valence-electron chi connectivity index (χ3n) is 2.13. The van der Waals surface area contributed by atoms with Gasteiger partial charge in [0.15, 0.2) is 0 Å². The summed E-state index contributed by atoms with van der Waals surface area (Å²) in [5.41, 5.74) is 7.67. The number of hydrogen-bond acceptors (Lipinski definition) is 3. The van der Waals surface area contributed by atoms with Crippen molar-refractivity contribution in [2.45, 2.75) is 33.8 Å². The molecule has 0 aliphatic rings. The van der Waals surface area contributed by atoms with Gasteiger partial charge in [-0.1, -0.05) is 19.9 Å². The van der Waals surface area contributed by atoms with Gasteiger partial charge in [0.25, 0.3) is 0 Å². The molecule has 0 amide bonds. The van der Waals surface area contributed by atoms with E-state index in [1.54, 1.807) is 0 Å². The van der Waals surface area contributed by atoms with Crippen molar-refractivity contribution in [1.82, 2.24) is 0 Å². The van der Waals surface area contributed by atoms with Gasteiger partial charge in [-0.3, -0.25) is 0 Å². The molecule has 1 aromatic carbocycles. The highest BCUT2D eigenvalue weighted by molar-refractivity contribution is 5.72. The van der Waals surface area contributed by atoms with Gasteiger partial charge in [0.2, 0.25) is 0 Å². The Labute approximate surface area is 98.0 Å². The molecule has 0 spiro atoms. The van der Waals surface area contributed by atoms with Gasteiger partial charge in [-0.2, -0.15) is 0 Å². The zero-order chi connectivity index (χ0) is 12.1. The van der Waals surface area contributed by atoms with Gasteiger partial charge in [-0.05, 0) is 31.9 Å². The number of nitrogen functional groups attached to an aromatic ring is 1. The Morgan fingerprint density at radius 3 is 2.50 bits per heavy atom. The molecule has 0 saturated carbocycles. The van der Waals surface area contributed by atoms with Crippen LogP contribution in [0.25, 0.3) is 0 Å². The third kappa shape index (κ3) is 3.65. The summed E-state index contributed by atoms with van der Waals surface area (Å²) in [4.78, 5) is 0.